The highest BCUT2D eigenvalue weighted by Crippen LogP contribution is 2.30. The Balaban J connectivity index is 1.28. The second kappa shape index (κ2) is 10.8. The SMILES string of the molecule is NC=C(C=Nc1ccc(N2CCOCC2)cc1)Nc1nc(NC2CCCCC2)c2sccc2n1. The van der Waals surface area contributed by atoms with Gasteiger partial charge in [-0.2, -0.15) is 4.98 Å². The van der Waals surface area contributed by atoms with Crippen molar-refractivity contribution in [1.82, 2.24) is 9.97 Å². The van der Waals surface area contributed by atoms with Gasteiger partial charge in [-0.3, -0.25) is 4.99 Å². The number of rotatable bonds is 7. The van der Waals surface area contributed by atoms with Crippen LogP contribution in [-0.4, -0.2) is 48.5 Å². The second-order valence-corrected chi connectivity index (χ2v) is 9.55. The Bertz CT molecular complexity index is 1150. The normalized spacial score (nSPS) is 18.0. The van der Waals surface area contributed by atoms with Crippen molar-refractivity contribution in [3.05, 3.63) is 47.6 Å². The molecule has 5 rings (SSSR count). The third kappa shape index (κ3) is 5.48. The lowest BCUT2D eigenvalue weighted by atomic mass is 9.95. The van der Waals surface area contributed by atoms with Gasteiger partial charge in [-0.15, -0.1) is 11.3 Å². The molecular formula is C25H31N7OS. The van der Waals surface area contributed by atoms with Crippen molar-refractivity contribution in [1.29, 1.82) is 0 Å². The summed E-state index contributed by atoms with van der Waals surface area (Å²) in [5.74, 6) is 1.40. The predicted octanol–water partition coefficient (Wildman–Crippen LogP) is 4.89. The third-order valence-corrected chi connectivity index (χ3v) is 7.17. The van der Waals surface area contributed by atoms with Crippen LogP contribution in [0.1, 0.15) is 32.1 Å². The van der Waals surface area contributed by atoms with Crippen LogP contribution in [0.3, 0.4) is 0 Å². The fourth-order valence-electron chi connectivity index (χ4n) is 4.42. The molecule has 0 unspecified atom stereocenters. The topological polar surface area (TPSA) is 101 Å². The van der Waals surface area contributed by atoms with Crippen molar-refractivity contribution in [3.63, 3.8) is 0 Å². The van der Waals surface area contributed by atoms with Gasteiger partial charge in [0.05, 0.1) is 41.0 Å². The number of aromatic nitrogens is 2. The monoisotopic (exact) mass is 477 g/mol. The molecule has 1 aromatic carbocycles. The Morgan fingerprint density at radius 3 is 2.65 bits per heavy atom. The lowest BCUT2D eigenvalue weighted by molar-refractivity contribution is 0.122. The highest BCUT2D eigenvalue weighted by Gasteiger charge is 2.17. The molecule has 8 nitrogen and oxygen atoms in total. The Morgan fingerprint density at radius 1 is 1.09 bits per heavy atom. The molecule has 3 aromatic rings. The third-order valence-electron chi connectivity index (χ3n) is 6.26. The Labute approximate surface area is 204 Å². The maximum absolute atomic E-state index is 5.88. The molecule has 0 bridgehead atoms. The number of aliphatic imine (C=N–C) groups is 1. The van der Waals surface area contributed by atoms with E-state index in [0.717, 1.165) is 48.0 Å². The van der Waals surface area contributed by atoms with E-state index in [1.807, 2.05) is 18.2 Å². The molecule has 178 valence electrons. The van der Waals surface area contributed by atoms with Gasteiger partial charge in [-0.25, -0.2) is 4.98 Å². The first-order valence-electron chi connectivity index (χ1n) is 12.0. The zero-order chi connectivity index (χ0) is 23.2. The highest BCUT2D eigenvalue weighted by atomic mass is 32.1. The quantitative estimate of drug-likeness (QED) is 0.417. The van der Waals surface area contributed by atoms with Gasteiger partial charge in [0.1, 0.15) is 5.82 Å². The fraction of sp³-hybridized carbons (Fsp3) is 0.400. The maximum Gasteiger partial charge on any atom is 0.229 e. The first kappa shape index (κ1) is 22.6. The molecule has 1 aliphatic carbocycles. The number of ether oxygens (including phenoxy) is 1. The van der Waals surface area contributed by atoms with E-state index in [9.17, 15) is 0 Å². The lowest BCUT2D eigenvalue weighted by Crippen LogP contribution is -2.36. The molecule has 4 N–H and O–H groups in total. The van der Waals surface area contributed by atoms with Crippen molar-refractivity contribution < 1.29 is 4.74 Å². The van der Waals surface area contributed by atoms with Crippen LogP contribution in [0.5, 0.6) is 0 Å². The number of morpholine rings is 1. The minimum absolute atomic E-state index is 0.466. The molecule has 2 aliphatic rings. The van der Waals surface area contributed by atoms with E-state index >= 15 is 0 Å². The summed E-state index contributed by atoms with van der Waals surface area (Å²) in [6.45, 7) is 3.37. The second-order valence-electron chi connectivity index (χ2n) is 8.63. The summed E-state index contributed by atoms with van der Waals surface area (Å²) in [4.78, 5) is 16.3. The van der Waals surface area contributed by atoms with Crippen molar-refractivity contribution in [2.75, 3.05) is 41.8 Å². The zero-order valence-corrected chi connectivity index (χ0v) is 20.1. The summed E-state index contributed by atoms with van der Waals surface area (Å²) < 4.78 is 6.52. The van der Waals surface area contributed by atoms with E-state index in [0.29, 0.717) is 17.7 Å². The van der Waals surface area contributed by atoms with Crippen LogP contribution >= 0.6 is 11.3 Å². The average molecular weight is 478 g/mol. The average Bonchev–Trinajstić information content (AvgIpc) is 3.37. The van der Waals surface area contributed by atoms with Crippen LogP contribution in [0.15, 0.2) is 52.6 Å². The predicted molar refractivity (Wildman–Crippen MR) is 141 cm³/mol. The molecule has 3 heterocycles. The van der Waals surface area contributed by atoms with Crippen LogP contribution in [0.25, 0.3) is 10.2 Å². The molecule has 0 spiro atoms. The Kier molecular flexibility index (Phi) is 7.21. The molecule has 1 aliphatic heterocycles. The van der Waals surface area contributed by atoms with Gasteiger partial charge in [0.15, 0.2) is 0 Å². The van der Waals surface area contributed by atoms with Gasteiger partial charge >= 0.3 is 0 Å². The first-order chi connectivity index (χ1) is 16.8. The van der Waals surface area contributed by atoms with Gasteiger partial charge in [0.2, 0.25) is 5.95 Å². The largest absolute Gasteiger partial charge is 0.403 e. The number of benzene rings is 1. The number of anilines is 3. The minimum Gasteiger partial charge on any atom is -0.403 e. The molecule has 2 aromatic heterocycles. The molecule has 0 atom stereocenters. The number of nitrogens with two attached hydrogens (primary N) is 1. The Morgan fingerprint density at radius 2 is 1.88 bits per heavy atom. The molecule has 1 saturated carbocycles. The molecule has 34 heavy (non-hydrogen) atoms. The van der Waals surface area contributed by atoms with Gasteiger partial charge in [0, 0.05) is 31.0 Å². The summed E-state index contributed by atoms with van der Waals surface area (Å²) in [5, 5.41) is 8.94. The van der Waals surface area contributed by atoms with Crippen LogP contribution in [0, 0.1) is 0 Å². The van der Waals surface area contributed by atoms with Gasteiger partial charge in [-0.05, 0) is 48.6 Å². The maximum atomic E-state index is 5.88. The van der Waals surface area contributed by atoms with E-state index in [-0.39, 0.29) is 0 Å². The number of hydrogen-bond donors (Lipinski definition) is 3. The van der Waals surface area contributed by atoms with Crippen molar-refractivity contribution in [2.45, 2.75) is 38.1 Å². The number of nitrogens with one attached hydrogen (secondary N) is 2. The smallest absolute Gasteiger partial charge is 0.229 e. The van der Waals surface area contributed by atoms with Crippen LogP contribution in [0.4, 0.5) is 23.1 Å². The van der Waals surface area contributed by atoms with Gasteiger partial charge < -0.3 is 26.0 Å². The summed E-state index contributed by atoms with van der Waals surface area (Å²) in [7, 11) is 0. The molecule has 0 amide bonds. The fourth-order valence-corrected chi connectivity index (χ4v) is 5.20. The highest BCUT2D eigenvalue weighted by molar-refractivity contribution is 7.17. The lowest BCUT2D eigenvalue weighted by Gasteiger charge is -2.28. The number of hydrogen-bond acceptors (Lipinski definition) is 9. The molecular weight excluding hydrogens is 446 g/mol. The minimum atomic E-state index is 0.466. The standard InChI is InChI=1S/C25H31N7OS/c26-16-20(17-27-18-6-8-21(9-7-18)32-11-13-33-14-12-32)29-25-30-22-10-15-34-23(22)24(31-25)28-19-4-2-1-3-5-19/h6-10,15-17,19H,1-5,11-14,26H2,(H2,28,29,30,31). The van der Waals surface area contributed by atoms with Crippen molar-refractivity contribution in [2.24, 2.45) is 10.7 Å². The first-order valence-corrected chi connectivity index (χ1v) is 12.8. The number of thiophene rings is 1. The molecule has 0 radical (unpaired) electrons. The van der Waals surface area contributed by atoms with Crippen LogP contribution < -0.4 is 21.3 Å². The zero-order valence-electron chi connectivity index (χ0n) is 19.2. The van der Waals surface area contributed by atoms with Gasteiger partial charge in [0.25, 0.3) is 0 Å². The van der Waals surface area contributed by atoms with E-state index < -0.39 is 0 Å². The van der Waals surface area contributed by atoms with Crippen molar-refractivity contribution in [3.8, 4) is 0 Å². The van der Waals surface area contributed by atoms with E-state index in [1.54, 1.807) is 17.6 Å². The summed E-state index contributed by atoms with van der Waals surface area (Å²) in [6.07, 6.45) is 9.43. The van der Waals surface area contributed by atoms with Crippen molar-refractivity contribution >= 4 is 50.9 Å². The van der Waals surface area contributed by atoms with Crippen LogP contribution in [-0.2, 0) is 4.74 Å². The number of nitrogens with zero attached hydrogens (tertiary/aromatic N) is 4. The Hall–Kier alpha value is -3.17. The summed E-state index contributed by atoms with van der Waals surface area (Å²) in [6, 6.07) is 10.7. The molecule has 9 heteroatoms. The summed E-state index contributed by atoms with van der Waals surface area (Å²) >= 11 is 1.66. The summed E-state index contributed by atoms with van der Waals surface area (Å²) in [5.41, 5.74) is 9.48. The van der Waals surface area contributed by atoms with E-state index in [4.69, 9.17) is 15.5 Å². The molecule has 2 fully saturated rings. The van der Waals surface area contributed by atoms with E-state index in [1.165, 1.54) is 44.0 Å². The van der Waals surface area contributed by atoms with Crippen LogP contribution in [0.2, 0.25) is 0 Å². The van der Waals surface area contributed by atoms with Gasteiger partial charge in [-0.1, -0.05) is 19.3 Å². The van der Waals surface area contributed by atoms with E-state index in [2.05, 4.69) is 43.0 Å². The molecule has 1 saturated heterocycles. The number of allylic oxidation sites excluding steroid dienone is 1. The number of fused-ring (bicyclic) bond motifs is 1.